The lowest BCUT2D eigenvalue weighted by molar-refractivity contribution is 0.311. The van der Waals surface area contributed by atoms with Gasteiger partial charge in [0.25, 0.3) is 0 Å². The Morgan fingerprint density at radius 3 is 2.29 bits per heavy atom. The Morgan fingerprint density at radius 1 is 0.941 bits per heavy atom. The zero-order chi connectivity index (χ0) is 24.3. The first kappa shape index (κ1) is 23.9. The van der Waals surface area contributed by atoms with Gasteiger partial charge in [0, 0.05) is 58.5 Å². The van der Waals surface area contributed by atoms with E-state index in [0.717, 1.165) is 31.7 Å². The number of nitrogens with zero attached hydrogens (tertiary/aromatic N) is 8. The summed E-state index contributed by atoms with van der Waals surface area (Å²) in [7, 11) is 1.63. The van der Waals surface area contributed by atoms with Gasteiger partial charge < -0.3 is 9.80 Å². The van der Waals surface area contributed by atoms with Gasteiger partial charge in [-0.15, -0.1) is 0 Å². The lowest BCUT2D eigenvalue weighted by atomic mass is 10.1. The molecule has 11 nitrogen and oxygen atoms in total. The van der Waals surface area contributed by atoms with Crippen molar-refractivity contribution in [2.45, 2.75) is 18.2 Å². The van der Waals surface area contributed by atoms with Crippen LogP contribution in [0, 0.1) is 0 Å². The van der Waals surface area contributed by atoms with Gasteiger partial charge in [-0.3, -0.25) is 5.32 Å². The van der Waals surface area contributed by atoms with Crippen LogP contribution in [0.4, 0.5) is 17.8 Å². The Kier molecular flexibility index (Phi) is 7.00. The highest BCUT2D eigenvalue weighted by Gasteiger charge is 2.19. The number of anilines is 3. The van der Waals surface area contributed by atoms with E-state index in [9.17, 15) is 8.42 Å². The second kappa shape index (κ2) is 9.95. The third-order valence-corrected chi connectivity index (χ3v) is 7.41. The molecule has 0 aliphatic carbocycles. The molecule has 0 unspecified atom stereocenters. The monoisotopic (exact) mass is 483 g/mol. The molecule has 0 radical (unpaired) electrons. The Morgan fingerprint density at radius 2 is 1.65 bits per heavy atom. The number of hydrogen-bond acceptors (Lipinski definition) is 10. The molecule has 1 saturated heterocycles. The molecule has 2 aromatic heterocycles. The summed E-state index contributed by atoms with van der Waals surface area (Å²) in [5.41, 5.74) is 1.42. The summed E-state index contributed by atoms with van der Waals surface area (Å²) < 4.78 is 25.8. The standard InChI is InChI=1S/C22H29N9O2S/c1-5-19-25-21(28-22(26-19)31-14-12-30(4)13-15-31)27-20-23-11-10-18(24-20)16-6-8-17(9-7-16)34(32,33)29(2)3/h6-11H,5,12-15H2,1-4H3,(H,23,24,25,26,27,28). The van der Waals surface area contributed by atoms with Crippen molar-refractivity contribution in [2.75, 3.05) is 57.5 Å². The molecule has 1 aliphatic rings. The van der Waals surface area contributed by atoms with Gasteiger partial charge in [-0.25, -0.2) is 22.7 Å². The van der Waals surface area contributed by atoms with Crippen molar-refractivity contribution in [3.63, 3.8) is 0 Å². The first-order valence-corrected chi connectivity index (χ1v) is 12.5. The van der Waals surface area contributed by atoms with Crippen LogP contribution in [0.25, 0.3) is 11.3 Å². The Balaban J connectivity index is 1.56. The van der Waals surface area contributed by atoms with Crippen LogP contribution in [0.2, 0.25) is 0 Å². The van der Waals surface area contributed by atoms with Gasteiger partial charge in [0.2, 0.25) is 27.9 Å². The average Bonchev–Trinajstić information content (AvgIpc) is 2.84. The van der Waals surface area contributed by atoms with E-state index in [2.05, 4.69) is 47.1 Å². The molecule has 3 aromatic rings. The van der Waals surface area contributed by atoms with E-state index >= 15 is 0 Å². The number of benzene rings is 1. The Labute approximate surface area is 200 Å². The fourth-order valence-corrected chi connectivity index (χ4v) is 4.36. The second-order valence-corrected chi connectivity index (χ2v) is 10.4. The smallest absolute Gasteiger partial charge is 0.242 e. The van der Waals surface area contributed by atoms with E-state index in [1.807, 2.05) is 6.92 Å². The van der Waals surface area contributed by atoms with Crippen molar-refractivity contribution in [1.29, 1.82) is 0 Å². The molecular formula is C22H29N9O2S. The largest absolute Gasteiger partial charge is 0.338 e. The van der Waals surface area contributed by atoms with Gasteiger partial charge in [0.15, 0.2) is 0 Å². The molecule has 0 spiro atoms. The number of likely N-dealkylation sites (N-methyl/N-ethyl adjacent to an activating group) is 1. The molecule has 12 heteroatoms. The summed E-state index contributed by atoms with van der Waals surface area (Å²) in [4.78, 5) is 27.2. The number of piperazine rings is 1. The molecule has 1 aliphatic heterocycles. The molecule has 0 saturated carbocycles. The Hall–Kier alpha value is -3.22. The van der Waals surface area contributed by atoms with Crippen molar-refractivity contribution < 1.29 is 8.42 Å². The van der Waals surface area contributed by atoms with Gasteiger partial charge >= 0.3 is 0 Å². The summed E-state index contributed by atoms with van der Waals surface area (Å²) in [6.45, 7) is 5.62. The van der Waals surface area contributed by atoms with Crippen LogP contribution >= 0.6 is 0 Å². The minimum atomic E-state index is -3.49. The normalized spacial score (nSPS) is 15.0. The molecule has 1 aromatic carbocycles. The number of sulfonamides is 1. The molecule has 3 heterocycles. The van der Waals surface area contributed by atoms with Gasteiger partial charge in [-0.05, 0) is 25.2 Å². The predicted octanol–water partition coefficient (Wildman–Crippen LogP) is 1.64. The molecule has 4 rings (SSSR count). The van der Waals surface area contributed by atoms with E-state index < -0.39 is 10.0 Å². The second-order valence-electron chi connectivity index (χ2n) is 8.22. The van der Waals surface area contributed by atoms with Crippen molar-refractivity contribution in [3.8, 4) is 11.3 Å². The maximum Gasteiger partial charge on any atom is 0.242 e. The van der Waals surface area contributed by atoms with E-state index in [1.165, 1.54) is 18.4 Å². The number of aryl methyl sites for hydroxylation is 1. The van der Waals surface area contributed by atoms with Crippen molar-refractivity contribution in [2.24, 2.45) is 0 Å². The van der Waals surface area contributed by atoms with Crippen LogP contribution in [0.15, 0.2) is 41.4 Å². The molecular weight excluding hydrogens is 454 g/mol. The lowest BCUT2D eigenvalue weighted by Crippen LogP contribution is -2.45. The van der Waals surface area contributed by atoms with E-state index in [4.69, 9.17) is 0 Å². The fraction of sp³-hybridized carbons (Fsp3) is 0.409. The first-order valence-electron chi connectivity index (χ1n) is 11.1. The third-order valence-electron chi connectivity index (χ3n) is 5.58. The number of nitrogens with one attached hydrogen (secondary N) is 1. The first-order chi connectivity index (χ1) is 16.3. The number of hydrogen-bond donors (Lipinski definition) is 1. The molecule has 0 bridgehead atoms. The van der Waals surface area contributed by atoms with Gasteiger partial charge in [-0.1, -0.05) is 19.1 Å². The number of aromatic nitrogens is 5. The van der Waals surface area contributed by atoms with Crippen LogP contribution in [-0.2, 0) is 16.4 Å². The Bertz CT molecular complexity index is 1240. The summed E-state index contributed by atoms with van der Waals surface area (Å²) >= 11 is 0. The van der Waals surface area contributed by atoms with Crippen LogP contribution in [0.5, 0.6) is 0 Å². The quantitative estimate of drug-likeness (QED) is 0.531. The molecule has 34 heavy (non-hydrogen) atoms. The van der Waals surface area contributed by atoms with Gasteiger partial charge in [0.05, 0.1) is 10.6 Å². The maximum atomic E-state index is 12.3. The van der Waals surface area contributed by atoms with Crippen molar-refractivity contribution in [3.05, 3.63) is 42.4 Å². The molecule has 1 N–H and O–H groups in total. The topological polar surface area (TPSA) is 120 Å². The summed E-state index contributed by atoms with van der Waals surface area (Å²) in [6.07, 6.45) is 2.32. The average molecular weight is 484 g/mol. The zero-order valence-corrected chi connectivity index (χ0v) is 20.6. The van der Waals surface area contributed by atoms with E-state index in [1.54, 1.807) is 36.5 Å². The minimum absolute atomic E-state index is 0.224. The highest BCUT2D eigenvalue weighted by Crippen LogP contribution is 2.22. The lowest BCUT2D eigenvalue weighted by Gasteiger charge is -2.32. The highest BCUT2D eigenvalue weighted by molar-refractivity contribution is 7.89. The van der Waals surface area contributed by atoms with Crippen molar-refractivity contribution in [1.82, 2.24) is 34.1 Å². The van der Waals surface area contributed by atoms with Crippen LogP contribution in [-0.4, -0.2) is 89.9 Å². The van der Waals surface area contributed by atoms with E-state index in [-0.39, 0.29) is 4.90 Å². The van der Waals surface area contributed by atoms with Crippen molar-refractivity contribution >= 4 is 27.9 Å². The van der Waals surface area contributed by atoms with Crippen LogP contribution in [0.3, 0.4) is 0 Å². The zero-order valence-electron chi connectivity index (χ0n) is 19.8. The highest BCUT2D eigenvalue weighted by atomic mass is 32.2. The fourth-order valence-electron chi connectivity index (χ4n) is 3.46. The number of rotatable bonds is 7. The van der Waals surface area contributed by atoms with Crippen LogP contribution < -0.4 is 10.2 Å². The summed E-state index contributed by atoms with van der Waals surface area (Å²) in [5, 5.41) is 3.10. The predicted molar refractivity (Wildman–Crippen MR) is 131 cm³/mol. The third kappa shape index (κ3) is 5.29. The van der Waals surface area contributed by atoms with Gasteiger partial charge in [-0.2, -0.15) is 15.0 Å². The van der Waals surface area contributed by atoms with Gasteiger partial charge in [0.1, 0.15) is 5.82 Å². The molecule has 180 valence electrons. The minimum Gasteiger partial charge on any atom is -0.338 e. The molecule has 0 atom stereocenters. The maximum absolute atomic E-state index is 12.3. The summed E-state index contributed by atoms with van der Waals surface area (Å²) in [6, 6.07) is 8.36. The SMILES string of the molecule is CCc1nc(Nc2nccc(-c3ccc(S(=O)(=O)N(C)C)cc3)n2)nc(N2CCN(C)CC2)n1. The molecule has 0 amide bonds. The van der Waals surface area contributed by atoms with Crippen LogP contribution in [0.1, 0.15) is 12.7 Å². The summed E-state index contributed by atoms with van der Waals surface area (Å²) in [5.74, 6) is 2.09. The molecule has 1 fully saturated rings. The van der Waals surface area contributed by atoms with E-state index in [0.29, 0.717) is 35.8 Å².